The van der Waals surface area contributed by atoms with Crippen LogP contribution in [-0.4, -0.2) is 30.4 Å². The lowest BCUT2D eigenvalue weighted by molar-refractivity contribution is -0.137. The van der Waals surface area contributed by atoms with Gasteiger partial charge in [-0.25, -0.2) is 4.79 Å². The molecule has 0 aromatic heterocycles. The summed E-state index contributed by atoms with van der Waals surface area (Å²) in [6.07, 6.45) is -2.22. The molecule has 2 aromatic rings. The minimum absolute atomic E-state index is 0.0821. The van der Waals surface area contributed by atoms with Crippen LogP contribution < -0.4 is 0 Å². The summed E-state index contributed by atoms with van der Waals surface area (Å²) in [6.45, 7) is 0.547. The summed E-state index contributed by atoms with van der Waals surface area (Å²) < 4.78 is 44.4. The molecular weight excluding hydrogens is 431 g/mol. The van der Waals surface area contributed by atoms with E-state index in [0.717, 1.165) is 17.2 Å². The Bertz CT molecular complexity index is 1050. The molecule has 1 saturated heterocycles. The number of esters is 1. The molecular formula is C23H21ClF3NO3. The highest BCUT2D eigenvalue weighted by Gasteiger charge is 2.48. The van der Waals surface area contributed by atoms with Crippen molar-refractivity contribution in [1.82, 2.24) is 4.90 Å². The van der Waals surface area contributed by atoms with E-state index in [1.54, 1.807) is 11.0 Å². The molecule has 164 valence electrons. The molecule has 1 atom stereocenters. The first kappa shape index (κ1) is 21.7. The van der Waals surface area contributed by atoms with Crippen molar-refractivity contribution in [3.8, 4) is 0 Å². The van der Waals surface area contributed by atoms with Crippen LogP contribution in [0.3, 0.4) is 0 Å². The standard InChI is InChI=1S/C23H21ClF3NO3/c1-31-20(29)16-4-2-3-15-7-8-22(12-17(15)16)9-10-28(21(22)30)13-14-5-6-19(24)18(11-14)23(25,26)27/h2-6,11H,7-10,12-13H2,1H3. The Morgan fingerprint density at radius 3 is 2.71 bits per heavy atom. The summed E-state index contributed by atoms with van der Waals surface area (Å²) in [6, 6.07) is 9.21. The molecule has 1 aliphatic heterocycles. The van der Waals surface area contributed by atoms with Crippen LogP contribution in [0.2, 0.25) is 5.02 Å². The quantitative estimate of drug-likeness (QED) is 0.613. The molecule has 4 rings (SSSR count). The molecule has 1 aliphatic carbocycles. The molecule has 0 saturated carbocycles. The highest BCUT2D eigenvalue weighted by atomic mass is 35.5. The van der Waals surface area contributed by atoms with E-state index < -0.39 is 23.1 Å². The van der Waals surface area contributed by atoms with Crippen LogP contribution in [0.5, 0.6) is 0 Å². The molecule has 8 heteroatoms. The number of ether oxygens (including phenoxy) is 1. The zero-order valence-corrected chi connectivity index (χ0v) is 17.6. The van der Waals surface area contributed by atoms with Crippen LogP contribution in [0.4, 0.5) is 13.2 Å². The Kier molecular flexibility index (Phi) is 5.50. The van der Waals surface area contributed by atoms with E-state index in [9.17, 15) is 22.8 Å². The molecule has 2 aromatic carbocycles. The molecule has 1 fully saturated rings. The molecule has 0 N–H and O–H groups in total. The maximum atomic E-state index is 13.4. The predicted molar refractivity (Wildman–Crippen MR) is 109 cm³/mol. The fourth-order valence-electron chi connectivity index (χ4n) is 4.73. The third-order valence-corrected chi connectivity index (χ3v) is 6.71. The number of hydrogen-bond donors (Lipinski definition) is 0. The first-order chi connectivity index (χ1) is 14.6. The molecule has 0 radical (unpaired) electrons. The zero-order chi connectivity index (χ0) is 22.4. The van der Waals surface area contributed by atoms with Crippen LogP contribution in [0.25, 0.3) is 0 Å². The number of hydrogen-bond acceptors (Lipinski definition) is 3. The maximum absolute atomic E-state index is 13.4. The summed E-state index contributed by atoms with van der Waals surface area (Å²) in [4.78, 5) is 27.2. The molecule has 4 nitrogen and oxygen atoms in total. The maximum Gasteiger partial charge on any atom is 0.417 e. The molecule has 1 amide bonds. The van der Waals surface area contributed by atoms with Crippen molar-refractivity contribution in [1.29, 1.82) is 0 Å². The van der Waals surface area contributed by atoms with E-state index in [1.165, 1.54) is 19.2 Å². The van der Waals surface area contributed by atoms with E-state index in [-0.39, 0.29) is 17.5 Å². The summed E-state index contributed by atoms with van der Waals surface area (Å²) in [5.74, 6) is -0.515. The van der Waals surface area contributed by atoms with Crippen LogP contribution >= 0.6 is 11.6 Å². The second-order valence-electron chi connectivity index (χ2n) is 8.18. The van der Waals surface area contributed by atoms with Crippen molar-refractivity contribution in [3.63, 3.8) is 0 Å². The van der Waals surface area contributed by atoms with Gasteiger partial charge in [0.05, 0.1) is 28.7 Å². The molecule has 2 aliphatic rings. The normalized spacial score (nSPS) is 20.8. The Labute approximate surface area is 182 Å². The topological polar surface area (TPSA) is 46.6 Å². The van der Waals surface area contributed by atoms with E-state index in [4.69, 9.17) is 16.3 Å². The van der Waals surface area contributed by atoms with E-state index >= 15 is 0 Å². The Hall–Kier alpha value is -2.54. The highest BCUT2D eigenvalue weighted by molar-refractivity contribution is 6.31. The van der Waals surface area contributed by atoms with Crippen LogP contribution in [0, 0.1) is 5.41 Å². The number of alkyl halides is 3. The van der Waals surface area contributed by atoms with Crippen molar-refractivity contribution in [3.05, 3.63) is 69.2 Å². The van der Waals surface area contributed by atoms with Gasteiger partial charge in [0.15, 0.2) is 0 Å². The van der Waals surface area contributed by atoms with Gasteiger partial charge in [0, 0.05) is 13.1 Å². The van der Waals surface area contributed by atoms with Gasteiger partial charge in [-0.2, -0.15) is 13.2 Å². The smallest absolute Gasteiger partial charge is 0.417 e. The molecule has 1 unspecified atom stereocenters. The first-order valence-corrected chi connectivity index (χ1v) is 10.4. The van der Waals surface area contributed by atoms with Gasteiger partial charge in [0.1, 0.15) is 0 Å². The number of rotatable bonds is 3. The average molecular weight is 452 g/mol. The average Bonchev–Trinajstić information content (AvgIpc) is 3.02. The number of halogens is 4. The van der Waals surface area contributed by atoms with Gasteiger partial charge in [-0.15, -0.1) is 0 Å². The number of benzene rings is 2. The molecule has 31 heavy (non-hydrogen) atoms. The number of methoxy groups -OCH3 is 1. The molecule has 1 spiro atoms. The fourth-order valence-corrected chi connectivity index (χ4v) is 4.95. The van der Waals surface area contributed by atoms with Crippen LogP contribution in [-0.2, 0) is 35.1 Å². The van der Waals surface area contributed by atoms with E-state index in [0.29, 0.717) is 43.4 Å². The monoisotopic (exact) mass is 451 g/mol. The van der Waals surface area contributed by atoms with Gasteiger partial charge in [-0.05, 0) is 60.6 Å². The van der Waals surface area contributed by atoms with Crippen LogP contribution in [0.1, 0.15) is 45.5 Å². The third-order valence-electron chi connectivity index (χ3n) is 6.38. The lowest BCUT2D eigenvalue weighted by atomic mass is 9.69. The number of likely N-dealkylation sites (tertiary alicyclic amines) is 1. The fraction of sp³-hybridized carbons (Fsp3) is 0.391. The zero-order valence-electron chi connectivity index (χ0n) is 16.9. The lowest BCUT2D eigenvalue weighted by Gasteiger charge is -2.34. The summed E-state index contributed by atoms with van der Waals surface area (Å²) >= 11 is 5.70. The number of amides is 1. The van der Waals surface area contributed by atoms with Gasteiger partial charge in [0.25, 0.3) is 0 Å². The van der Waals surface area contributed by atoms with Gasteiger partial charge >= 0.3 is 12.1 Å². The largest absolute Gasteiger partial charge is 0.465 e. The highest BCUT2D eigenvalue weighted by Crippen LogP contribution is 2.45. The van der Waals surface area contributed by atoms with Crippen molar-refractivity contribution in [2.45, 2.75) is 38.4 Å². The van der Waals surface area contributed by atoms with E-state index in [2.05, 4.69) is 0 Å². The third kappa shape index (κ3) is 3.91. The second kappa shape index (κ2) is 7.86. The minimum atomic E-state index is -4.55. The number of fused-ring (bicyclic) bond motifs is 1. The summed E-state index contributed by atoms with van der Waals surface area (Å²) in [5.41, 5.74) is 1.18. The van der Waals surface area contributed by atoms with Gasteiger partial charge in [0.2, 0.25) is 5.91 Å². The Morgan fingerprint density at radius 1 is 1.23 bits per heavy atom. The van der Waals surface area contributed by atoms with Gasteiger partial charge in [-0.1, -0.05) is 29.8 Å². The first-order valence-electron chi connectivity index (χ1n) is 9.99. The van der Waals surface area contributed by atoms with Crippen LogP contribution in [0.15, 0.2) is 36.4 Å². The number of carbonyl (C=O) groups excluding carboxylic acids is 2. The minimum Gasteiger partial charge on any atom is -0.465 e. The second-order valence-corrected chi connectivity index (χ2v) is 8.59. The number of aryl methyl sites for hydroxylation is 1. The van der Waals surface area contributed by atoms with Crippen molar-refractivity contribution in [2.75, 3.05) is 13.7 Å². The van der Waals surface area contributed by atoms with Crippen molar-refractivity contribution < 1.29 is 27.5 Å². The lowest BCUT2D eigenvalue weighted by Crippen LogP contribution is -2.39. The number of carbonyl (C=O) groups is 2. The van der Waals surface area contributed by atoms with Crippen molar-refractivity contribution >= 4 is 23.5 Å². The van der Waals surface area contributed by atoms with Crippen molar-refractivity contribution in [2.24, 2.45) is 5.41 Å². The molecule has 0 bridgehead atoms. The van der Waals surface area contributed by atoms with Gasteiger partial charge in [-0.3, -0.25) is 4.79 Å². The predicted octanol–water partition coefficient (Wildman–Crippen LogP) is 5.05. The van der Waals surface area contributed by atoms with Gasteiger partial charge < -0.3 is 9.64 Å². The summed E-state index contributed by atoms with van der Waals surface area (Å²) in [5, 5.41) is -0.361. The number of nitrogens with zero attached hydrogens (tertiary/aromatic N) is 1. The summed E-state index contributed by atoms with van der Waals surface area (Å²) in [7, 11) is 1.32. The van der Waals surface area contributed by atoms with E-state index in [1.807, 2.05) is 12.1 Å². The Morgan fingerprint density at radius 2 is 2.00 bits per heavy atom. The SMILES string of the molecule is COC(=O)c1cccc2c1CC1(CC2)CCN(Cc2ccc(Cl)c(C(F)(F)F)c2)C1=O. The molecule has 1 heterocycles. The Balaban J connectivity index is 1.58.